The van der Waals surface area contributed by atoms with E-state index in [-0.39, 0.29) is 6.61 Å². The molecule has 0 aliphatic heterocycles. The number of pyridine rings is 1. The maximum atomic E-state index is 9.14. The van der Waals surface area contributed by atoms with Crippen molar-refractivity contribution in [1.29, 1.82) is 0 Å². The van der Waals surface area contributed by atoms with E-state index in [1.165, 1.54) is 16.5 Å². The number of aliphatic hydroxyl groups is 1. The largest absolute Gasteiger partial charge is 0.392 e. The molecule has 0 saturated heterocycles. The number of hydrogen-bond acceptors (Lipinski definition) is 3. The van der Waals surface area contributed by atoms with Crippen LogP contribution in [0.1, 0.15) is 16.7 Å². The van der Waals surface area contributed by atoms with Crippen LogP contribution in [0.2, 0.25) is 0 Å². The Morgan fingerprint density at radius 1 is 0.857 bits per heavy atom. The van der Waals surface area contributed by atoms with Gasteiger partial charge in [0.05, 0.1) is 6.61 Å². The van der Waals surface area contributed by atoms with Crippen LogP contribution in [0.15, 0.2) is 60.9 Å². The third-order valence-electron chi connectivity index (χ3n) is 3.54. The molecule has 0 aliphatic rings. The fourth-order valence-electron chi connectivity index (χ4n) is 2.43. The van der Waals surface area contributed by atoms with E-state index in [9.17, 15) is 0 Å². The summed E-state index contributed by atoms with van der Waals surface area (Å²) in [5.41, 5.74) is 3.39. The molecule has 0 aliphatic carbocycles. The Morgan fingerprint density at radius 2 is 1.67 bits per heavy atom. The van der Waals surface area contributed by atoms with Gasteiger partial charge in [0.15, 0.2) is 0 Å². The maximum absolute atomic E-state index is 9.14. The van der Waals surface area contributed by atoms with E-state index in [0.717, 1.165) is 24.0 Å². The van der Waals surface area contributed by atoms with Gasteiger partial charge >= 0.3 is 0 Å². The summed E-state index contributed by atoms with van der Waals surface area (Å²) in [5, 5.41) is 15.0. The van der Waals surface area contributed by atoms with E-state index in [1.807, 2.05) is 36.7 Å². The van der Waals surface area contributed by atoms with Crippen LogP contribution < -0.4 is 5.32 Å². The zero-order chi connectivity index (χ0) is 14.5. The molecule has 3 heteroatoms. The van der Waals surface area contributed by atoms with Crippen LogP contribution in [-0.4, -0.2) is 10.1 Å². The lowest BCUT2D eigenvalue weighted by Crippen LogP contribution is -2.12. The van der Waals surface area contributed by atoms with Gasteiger partial charge < -0.3 is 10.4 Å². The number of benzene rings is 2. The minimum atomic E-state index is 0.0898. The Morgan fingerprint density at radius 3 is 2.52 bits per heavy atom. The molecule has 3 rings (SSSR count). The highest BCUT2D eigenvalue weighted by molar-refractivity contribution is 5.81. The molecule has 106 valence electrons. The van der Waals surface area contributed by atoms with Gasteiger partial charge in [0, 0.05) is 30.9 Å². The fourth-order valence-corrected chi connectivity index (χ4v) is 2.43. The van der Waals surface area contributed by atoms with Gasteiger partial charge in [-0.2, -0.15) is 0 Å². The van der Waals surface area contributed by atoms with Crippen LogP contribution in [0.25, 0.3) is 10.8 Å². The summed E-state index contributed by atoms with van der Waals surface area (Å²) in [5.74, 6) is 0. The predicted molar refractivity (Wildman–Crippen MR) is 84.7 cm³/mol. The first-order chi connectivity index (χ1) is 10.3. The van der Waals surface area contributed by atoms with Crippen molar-refractivity contribution in [1.82, 2.24) is 10.3 Å². The average molecular weight is 278 g/mol. The Hall–Kier alpha value is -2.23. The van der Waals surface area contributed by atoms with E-state index in [1.54, 1.807) is 0 Å². The van der Waals surface area contributed by atoms with E-state index in [0.29, 0.717) is 0 Å². The molecule has 2 N–H and O–H groups in total. The smallest absolute Gasteiger partial charge is 0.0681 e. The van der Waals surface area contributed by atoms with Crippen LogP contribution in [0.5, 0.6) is 0 Å². The molecule has 0 spiro atoms. The number of nitrogens with one attached hydrogen (secondary N) is 1. The van der Waals surface area contributed by atoms with Gasteiger partial charge in [0.25, 0.3) is 0 Å². The van der Waals surface area contributed by atoms with E-state index >= 15 is 0 Å². The summed E-state index contributed by atoms with van der Waals surface area (Å²) in [4.78, 5) is 4.12. The van der Waals surface area contributed by atoms with Crippen molar-refractivity contribution in [2.75, 3.05) is 0 Å². The maximum Gasteiger partial charge on any atom is 0.0681 e. The minimum absolute atomic E-state index is 0.0898. The van der Waals surface area contributed by atoms with Crippen LogP contribution in [0.4, 0.5) is 0 Å². The van der Waals surface area contributed by atoms with Gasteiger partial charge in [0.2, 0.25) is 0 Å². The van der Waals surface area contributed by atoms with Gasteiger partial charge in [-0.1, -0.05) is 36.4 Å². The van der Waals surface area contributed by atoms with E-state index < -0.39 is 0 Å². The van der Waals surface area contributed by atoms with Crippen LogP contribution >= 0.6 is 0 Å². The molecule has 0 bridgehead atoms. The van der Waals surface area contributed by atoms with Gasteiger partial charge in [-0.15, -0.1) is 0 Å². The fraction of sp³-hybridized carbons (Fsp3) is 0.167. The van der Waals surface area contributed by atoms with Crippen molar-refractivity contribution >= 4 is 10.8 Å². The molecule has 0 saturated carbocycles. The monoisotopic (exact) mass is 278 g/mol. The highest BCUT2D eigenvalue weighted by Crippen LogP contribution is 2.14. The molecule has 2 aromatic carbocycles. The number of fused-ring (bicyclic) bond motifs is 1. The number of aromatic nitrogens is 1. The van der Waals surface area contributed by atoms with Gasteiger partial charge in [0.1, 0.15) is 0 Å². The standard InChI is InChI=1S/C18H18N2O/c21-13-16-3-1-2-14(8-16)10-20-11-15-4-5-18-12-19-7-6-17(18)9-15/h1-9,12,20-21H,10-11,13H2. The summed E-state index contributed by atoms with van der Waals surface area (Å²) in [6, 6.07) is 16.5. The quantitative estimate of drug-likeness (QED) is 0.754. The van der Waals surface area contributed by atoms with Crippen LogP contribution in [0.3, 0.4) is 0 Å². The lowest BCUT2D eigenvalue weighted by molar-refractivity contribution is 0.281. The zero-order valence-corrected chi connectivity index (χ0v) is 11.8. The Bertz CT molecular complexity index is 740. The lowest BCUT2D eigenvalue weighted by atomic mass is 10.1. The Balaban J connectivity index is 1.63. The first-order valence-corrected chi connectivity index (χ1v) is 7.07. The number of nitrogens with zero attached hydrogens (tertiary/aromatic N) is 1. The second-order valence-electron chi connectivity index (χ2n) is 5.14. The third-order valence-corrected chi connectivity index (χ3v) is 3.54. The van der Waals surface area contributed by atoms with E-state index in [4.69, 9.17) is 5.11 Å². The topological polar surface area (TPSA) is 45.1 Å². The SMILES string of the molecule is OCc1cccc(CNCc2ccc3cnccc3c2)c1. The second-order valence-corrected chi connectivity index (χ2v) is 5.14. The molecular weight excluding hydrogens is 260 g/mol. The van der Waals surface area contributed by atoms with Crippen molar-refractivity contribution in [2.24, 2.45) is 0 Å². The molecule has 1 aromatic heterocycles. The van der Waals surface area contributed by atoms with Crippen molar-refractivity contribution in [3.05, 3.63) is 77.6 Å². The van der Waals surface area contributed by atoms with E-state index in [2.05, 4.69) is 34.6 Å². The molecule has 0 atom stereocenters. The minimum Gasteiger partial charge on any atom is -0.392 e. The lowest BCUT2D eigenvalue weighted by Gasteiger charge is -2.07. The van der Waals surface area contributed by atoms with Crippen molar-refractivity contribution in [3.63, 3.8) is 0 Å². The normalized spacial score (nSPS) is 10.9. The Labute approximate surface area is 124 Å². The second kappa shape index (κ2) is 6.48. The number of hydrogen-bond donors (Lipinski definition) is 2. The third kappa shape index (κ3) is 3.45. The summed E-state index contributed by atoms with van der Waals surface area (Å²) >= 11 is 0. The molecule has 0 unspecified atom stereocenters. The summed E-state index contributed by atoms with van der Waals surface area (Å²) < 4.78 is 0. The van der Waals surface area contributed by atoms with Gasteiger partial charge in [-0.3, -0.25) is 4.98 Å². The Kier molecular flexibility index (Phi) is 4.24. The summed E-state index contributed by atoms with van der Waals surface area (Å²) in [6.07, 6.45) is 3.70. The zero-order valence-electron chi connectivity index (χ0n) is 11.8. The van der Waals surface area contributed by atoms with Crippen LogP contribution in [-0.2, 0) is 19.7 Å². The molecule has 0 radical (unpaired) electrons. The van der Waals surface area contributed by atoms with Crippen molar-refractivity contribution in [2.45, 2.75) is 19.7 Å². The number of rotatable bonds is 5. The molecule has 1 heterocycles. The van der Waals surface area contributed by atoms with Crippen molar-refractivity contribution < 1.29 is 5.11 Å². The van der Waals surface area contributed by atoms with Crippen molar-refractivity contribution in [3.8, 4) is 0 Å². The molecule has 0 amide bonds. The summed E-state index contributed by atoms with van der Waals surface area (Å²) in [7, 11) is 0. The average Bonchev–Trinajstić information content (AvgIpc) is 2.55. The predicted octanol–water partition coefficient (Wildman–Crippen LogP) is 3.02. The molecule has 3 aromatic rings. The molecular formula is C18H18N2O. The highest BCUT2D eigenvalue weighted by atomic mass is 16.3. The van der Waals surface area contributed by atoms with Gasteiger partial charge in [-0.05, 0) is 34.2 Å². The molecule has 0 fully saturated rings. The number of aliphatic hydroxyl groups excluding tert-OH is 1. The first-order valence-electron chi connectivity index (χ1n) is 7.07. The van der Waals surface area contributed by atoms with Gasteiger partial charge in [-0.25, -0.2) is 0 Å². The van der Waals surface area contributed by atoms with Crippen LogP contribution in [0, 0.1) is 0 Å². The molecule has 21 heavy (non-hydrogen) atoms. The molecule has 3 nitrogen and oxygen atoms in total. The highest BCUT2D eigenvalue weighted by Gasteiger charge is 1.98. The summed E-state index contributed by atoms with van der Waals surface area (Å²) in [6.45, 7) is 1.70. The first kappa shape index (κ1) is 13.7.